The van der Waals surface area contributed by atoms with Gasteiger partial charge in [-0.05, 0) is 12.1 Å². The summed E-state index contributed by atoms with van der Waals surface area (Å²) in [5.74, 6) is -2.75. The van der Waals surface area contributed by atoms with Crippen molar-refractivity contribution in [3.63, 3.8) is 0 Å². The Balaban J connectivity index is 2.49. The quantitative estimate of drug-likeness (QED) is 0.630. The zero-order chi connectivity index (χ0) is 14.5. The summed E-state index contributed by atoms with van der Waals surface area (Å²) in [4.78, 5) is 22.1. The molecule has 0 unspecified atom stereocenters. The number of carboxylic acid groups (broad SMARTS) is 1. The zero-order valence-electron chi connectivity index (χ0n) is 10.2. The number of sulfonamides is 1. The van der Waals surface area contributed by atoms with Crippen LogP contribution in [-0.4, -0.2) is 44.2 Å². The van der Waals surface area contributed by atoms with Crippen LogP contribution in [0.4, 0.5) is 0 Å². The molecule has 1 heterocycles. The molecule has 9 heteroatoms. The fraction of sp³-hybridized carbons (Fsp3) is 0.400. The third-order valence-electron chi connectivity index (χ3n) is 2.06. The van der Waals surface area contributed by atoms with Gasteiger partial charge in [-0.3, -0.25) is 4.79 Å². The van der Waals surface area contributed by atoms with Gasteiger partial charge in [0.2, 0.25) is 15.8 Å². The van der Waals surface area contributed by atoms with Gasteiger partial charge in [0, 0.05) is 13.1 Å². The Morgan fingerprint density at radius 1 is 1.32 bits per heavy atom. The van der Waals surface area contributed by atoms with E-state index in [9.17, 15) is 18.0 Å². The molecule has 0 fully saturated rings. The van der Waals surface area contributed by atoms with Crippen LogP contribution in [0.25, 0.3) is 0 Å². The van der Waals surface area contributed by atoms with Gasteiger partial charge >= 0.3 is 5.97 Å². The second-order valence-electron chi connectivity index (χ2n) is 3.54. The van der Waals surface area contributed by atoms with Crippen LogP contribution in [0.3, 0.4) is 0 Å². The molecule has 0 saturated heterocycles. The number of carbonyl (C=O) groups excluding carboxylic acids is 1. The molecule has 0 aliphatic carbocycles. The molecule has 106 valence electrons. The Morgan fingerprint density at radius 3 is 2.47 bits per heavy atom. The first-order chi connectivity index (χ1) is 8.85. The first-order valence-electron chi connectivity index (χ1n) is 5.44. The van der Waals surface area contributed by atoms with Crippen molar-refractivity contribution in [3.05, 3.63) is 23.7 Å². The van der Waals surface area contributed by atoms with Crippen molar-refractivity contribution in [2.45, 2.75) is 6.92 Å². The van der Waals surface area contributed by atoms with E-state index in [2.05, 4.69) is 10.0 Å². The van der Waals surface area contributed by atoms with Gasteiger partial charge in [0.15, 0.2) is 5.76 Å². The molecule has 0 aliphatic heterocycles. The standard InChI is InChI=1S/C10H14N2O6S/c1-2-12-19(16,17)6-5-11-9(13)7-3-4-8(18-7)10(14)15/h3-4,12H,2,5-6H2,1H3,(H,11,13)(H,14,15). The van der Waals surface area contributed by atoms with Crippen LogP contribution in [0.15, 0.2) is 16.5 Å². The predicted octanol–water partition coefficient (Wildman–Crippen LogP) is -0.353. The van der Waals surface area contributed by atoms with E-state index in [1.165, 1.54) is 6.07 Å². The third kappa shape index (κ3) is 4.72. The average molecular weight is 290 g/mol. The average Bonchev–Trinajstić information content (AvgIpc) is 2.77. The van der Waals surface area contributed by atoms with Gasteiger partial charge < -0.3 is 14.8 Å². The van der Waals surface area contributed by atoms with Gasteiger partial charge in [0.25, 0.3) is 5.91 Å². The van der Waals surface area contributed by atoms with Crippen LogP contribution in [0.5, 0.6) is 0 Å². The molecule has 3 N–H and O–H groups in total. The second-order valence-corrected chi connectivity index (χ2v) is 5.47. The fourth-order valence-corrected chi connectivity index (χ4v) is 2.21. The summed E-state index contributed by atoms with van der Waals surface area (Å²) in [6, 6.07) is 2.35. The van der Waals surface area contributed by atoms with Gasteiger partial charge in [-0.25, -0.2) is 17.9 Å². The minimum absolute atomic E-state index is 0.0999. The van der Waals surface area contributed by atoms with Crippen molar-refractivity contribution < 1.29 is 27.5 Å². The molecule has 19 heavy (non-hydrogen) atoms. The zero-order valence-corrected chi connectivity index (χ0v) is 11.0. The van der Waals surface area contributed by atoms with Crippen molar-refractivity contribution in [2.24, 2.45) is 0 Å². The van der Waals surface area contributed by atoms with Crippen LogP contribution in [-0.2, 0) is 10.0 Å². The lowest BCUT2D eigenvalue weighted by Gasteiger charge is -2.05. The Hall–Kier alpha value is -1.87. The Bertz CT molecular complexity index is 562. The maximum Gasteiger partial charge on any atom is 0.371 e. The van der Waals surface area contributed by atoms with E-state index in [1.807, 2.05) is 0 Å². The number of aromatic carboxylic acids is 1. The van der Waals surface area contributed by atoms with E-state index in [4.69, 9.17) is 9.52 Å². The normalized spacial score (nSPS) is 11.2. The Labute approximate surface area is 109 Å². The number of nitrogens with one attached hydrogen (secondary N) is 2. The molecular weight excluding hydrogens is 276 g/mol. The number of amides is 1. The van der Waals surface area contributed by atoms with Crippen molar-refractivity contribution in [3.8, 4) is 0 Å². The van der Waals surface area contributed by atoms with Crippen LogP contribution in [0, 0.1) is 0 Å². The highest BCUT2D eigenvalue weighted by molar-refractivity contribution is 7.89. The molecule has 0 aliphatic rings. The van der Waals surface area contributed by atoms with E-state index in [0.717, 1.165) is 6.07 Å². The van der Waals surface area contributed by atoms with Crippen molar-refractivity contribution >= 4 is 21.9 Å². The highest BCUT2D eigenvalue weighted by Crippen LogP contribution is 2.07. The van der Waals surface area contributed by atoms with Gasteiger partial charge in [0.1, 0.15) is 0 Å². The molecule has 0 bridgehead atoms. The van der Waals surface area contributed by atoms with E-state index in [-0.39, 0.29) is 30.4 Å². The molecular formula is C10H14N2O6S. The molecule has 0 spiro atoms. The van der Waals surface area contributed by atoms with E-state index >= 15 is 0 Å². The van der Waals surface area contributed by atoms with Crippen molar-refractivity contribution in [2.75, 3.05) is 18.8 Å². The summed E-state index contributed by atoms with van der Waals surface area (Å²) in [5, 5.41) is 10.9. The molecule has 1 aromatic heterocycles. The molecule has 0 atom stereocenters. The molecule has 1 amide bonds. The first kappa shape index (κ1) is 15.2. The van der Waals surface area contributed by atoms with Crippen molar-refractivity contribution in [1.82, 2.24) is 10.0 Å². The van der Waals surface area contributed by atoms with Gasteiger partial charge in [-0.2, -0.15) is 0 Å². The number of rotatable bonds is 7. The highest BCUT2D eigenvalue weighted by Gasteiger charge is 2.15. The van der Waals surface area contributed by atoms with E-state index < -0.39 is 21.9 Å². The summed E-state index contributed by atoms with van der Waals surface area (Å²) in [5.41, 5.74) is 0. The first-order valence-corrected chi connectivity index (χ1v) is 7.09. The summed E-state index contributed by atoms with van der Waals surface area (Å²) < 4.78 is 29.6. The van der Waals surface area contributed by atoms with Crippen LogP contribution in [0.1, 0.15) is 28.0 Å². The summed E-state index contributed by atoms with van der Waals surface area (Å²) in [7, 11) is -3.41. The number of carboxylic acids is 1. The smallest absolute Gasteiger partial charge is 0.371 e. The van der Waals surface area contributed by atoms with Crippen LogP contribution in [0.2, 0.25) is 0 Å². The van der Waals surface area contributed by atoms with Crippen LogP contribution >= 0.6 is 0 Å². The second kappa shape index (κ2) is 6.34. The van der Waals surface area contributed by atoms with Crippen molar-refractivity contribution in [1.29, 1.82) is 0 Å². The number of hydrogen-bond donors (Lipinski definition) is 3. The maximum atomic E-state index is 11.5. The number of hydrogen-bond acceptors (Lipinski definition) is 5. The largest absolute Gasteiger partial charge is 0.475 e. The summed E-state index contributed by atoms with van der Waals surface area (Å²) >= 11 is 0. The van der Waals surface area contributed by atoms with Crippen LogP contribution < -0.4 is 10.0 Å². The maximum absolute atomic E-state index is 11.5. The molecule has 1 aromatic rings. The predicted molar refractivity (Wildman–Crippen MR) is 65.5 cm³/mol. The molecule has 1 rings (SSSR count). The molecule has 0 saturated carbocycles. The minimum atomic E-state index is -3.41. The SMILES string of the molecule is CCNS(=O)(=O)CCNC(=O)c1ccc(C(=O)O)o1. The molecule has 0 radical (unpaired) electrons. The van der Waals surface area contributed by atoms with E-state index in [0.29, 0.717) is 0 Å². The lowest BCUT2D eigenvalue weighted by molar-refractivity contribution is 0.0659. The lowest BCUT2D eigenvalue weighted by atomic mass is 10.4. The monoisotopic (exact) mass is 290 g/mol. The van der Waals surface area contributed by atoms with Gasteiger partial charge in [0.05, 0.1) is 5.75 Å². The highest BCUT2D eigenvalue weighted by atomic mass is 32.2. The molecule has 8 nitrogen and oxygen atoms in total. The summed E-state index contributed by atoms with van der Waals surface area (Å²) in [6.07, 6.45) is 0. The summed E-state index contributed by atoms with van der Waals surface area (Å²) in [6.45, 7) is 1.82. The third-order valence-corrected chi connectivity index (χ3v) is 3.53. The van der Waals surface area contributed by atoms with Gasteiger partial charge in [-0.15, -0.1) is 0 Å². The topological polar surface area (TPSA) is 126 Å². The minimum Gasteiger partial charge on any atom is -0.475 e. The van der Waals surface area contributed by atoms with Gasteiger partial charge in [-0.1, -0.05) is 6.92 Å². The fourth-order valence-electron chi connectivity index (χ4n) is 1.25. The molecule has 0 aromatic carbocycles. The lowest BCUT2D eigenvalue weighted by Crippen LogP contribution is -2.34. The number of carbonyl (C=O) groups is 2. The van der Waals surface area contributed by atoms with E-state index in [1.54, 1.807) is 6.92 Å². The number of furan rings is 1. The Kier molecular flexibility index (Phi) is 5.07. The Morgan fingerprint density at radius 2 is 1.95 bits per heavy atom.